The molecule has 3 saturated heterocycles. The molecule has 4 aromatic rings. The summed E-state index contributed by atoms with van der Waals surface area (Å²) in [6.45, 7) is -0.855. The van der Waals surface area contributed by atoms with Crippen LogP contribution in [-0.4, -0.2) is 92.7 Å². The van der Waals surface area contributed by atoms with Crippen molar-refractivity contribution in [3.8, 4) is 0 Å². The number of carbonyl (C=O) groups excluding carboxylic acids is 1. The van der Waals surface area contributed by atoms with Crippen molar-refractivity contribution in [3.05, 3.63) is 96.2 Å². The normalized spacial score (nSPS) is 25.0. The Balaban J connectivity index is 1.11. The molecule has 1 unspecified atom stereocenters. The molecule has 3 aromatic carbocycles. The minimum atomic E-state index is -4.61. The number of carbonyl (C=O) groups is 1. The standard InChI is InChI=1S/C36H34F4N3O6S3/c37-35(38)21-27-23-49-34(44)43(31(27)22-36(35,39)40,29-13-17-42(18-14-29)52(47,48)33-20-26-7-3-4-8-32(26)50-33)28-11-15-41(16-12-28)51(45,46)30-10-9-24-5-1-2-6-25(24)19-30/h1-10,19-22,28-29H,11-18,23H2/q+1. The van der Waals surface area contributed by atoms with Crippen LogP contribution in [0.3, 0.4) is 0 Å². The molecule has 1 aromatic heterocycles. The summed E-state index contributed by atoms with van der Waals surface area (Å²) in [6, 6.07) is 19.4. The Labute approximate surface area is 302 Å². The van der Waals surface area contributed by atoms with Crippen LogP contribution in [0, 0.1) is 0 Å². The number of benzene rings is 3. The second-order valence-electron chi connectivity index (χ2n) is 13.7. The van der Waals surface area contributed by atoms with Crippen LogP contribution < -0.4 is 0 Å². The number of nitrogens with zero attached hydrogens (tertiary/aromatic N) is 3. The third kappa shape index (κ3) is 5.52. The topological polar surface area (TPSA) is 101 Å². The highest BCUT2D eigenvalue weighted by Gasteiger charge is 2.65. The first-order valence-corrected chi connectivity index (χ1v) is 20.6. The number of hydrogen-bond acceptors (Lipinski definition) is 7. The molecule has 4 aliphatic rings. The summed E-state index contributed by atoms with van der Waals surface area (Å²) in [7, 11) is -7.94. The van der Waals surface area contributed by atoms with Crippen LogP contribution in [0.2, 0.25) is 0 Å². The number of quaternary nitrogens is 1. The summed E-state index contributed by atoms with van der Waals surface area (Å²) >= 11 is 1.13. The number of halogens is 4. The molecular weight excluding hydrogens is 743 g/mol. The van der Waals surface area contributed by atoms with E-state index in [0.29, 0.717) is 0 Å². The maximum absolute atomic E-state index is 15.2. The van der Waals surface area contributed by atoms with E-state index in [2.05, 4.69) is 0 Å². The van der Waals surface area contributed by atoms with E-state index in [9.17, 15) is 30.4 Å². The number of fused-ring (bicyclic) bond motifs is 3. The summed E-state index contributed by atoms with van der Waals surface area (Å²) in [4.78, 5) is 14.2. The molecule has 0 bridgehead atoms. The van der Waals surface area contributed by atoms with Gasteiger partial charge in [-0.1, -0.05) is 48.5 Å². The lowest BCUT2D eigenvalue weighted by Gasteiger charge is -2.53. The quantitative estimate of drug-likeness (QED) is 0.153. The Morgan fingerprint density at radius 1 is 0.692 bits per heavy atom. The van der Waals surface area contributed by atoms with Crippen LogP contribution in [-0.2, 0) is 24.8 Å². The van der Waals surface area contributed by atoms with Crippen molar-refractivity contribution >= 4 is 58.3 Å². The molecular formula is C36H34F4N3O6S3+. The maximum Gasteiger partial charge on any atom is 0.522 e. The van der Waals surface area contributed by atoms with Crippen molar-refractivity contribution in [1.82, 2.24) is 8.61 Å². The van der Waals surface area contributed by atoms with Gasteiger partial charge in [-0.2, -0.15) is 35.4 Å². The van der Waals surface area contributed by atoms with Crippen LogP contribution in [0.1, 0.15) is 25.7 Å². The smallest absolute Gasteiger partial charge is 0.415 e. The van der Waals surface area contributed by atoms with Crippen LogP contribution in [0.25, 0.3) is 20.9 Å². The number of allylic oxidation sites excluding steroid dienone is 2. The monoisotopic (exact) mass is 776 g/mol. The SMILES string of the molecule is O=C1OCC2=CC(F)(F)C(F)(F)C=C2[N+]1(C1CCN(S(=O)(=O)c2ccc3ccccc3c2)CC1)C1CCN(S(=O)(=O)c2cc3ccccc3s2)CC1. The first-order chi connectivity index (χ1) is 24.6. The van der Waals surface area contributed by atoms with Gasteiger partial charge >= 0.3 is 17.9 Å². The summed E-state index contributed by atoms with van der Waals surface area (Å²) in [6.07, 6.45) is -0.387. The van der Waals surface area contributed by atoms with E-state index in [1.54, 1.807) is 30.3 Å². The van der Waals surface area contributed by atoms with Crippen molar-refractivity contribution < 1.29 is 48.4 Å². The van der Waals surface area contributed by atoms with Gasteiger partial charge in [0.15, 0.2) is 5.70 Å². The number of thiophene rings is 1. The van der Waals surface area contributed by atoms with Crippen LogP contribution in [0.15, 0.2) is 105 Å². The van der Waals surface area contributed by atoms with Gasteiger partial charge in [-0.05, 0) is 40.4 Å². The number of alkyl halides is 4. The van der Waals surface area contributed by atoms with Crippen LogP contribution >= 0.6 is 11.3 Å². The van der Waals surface area contributed by atoms with Crippen LogP contribution in [0.4, 0.5) is 22.4 Å². The molecule has 0 saturated carbocycles. The third-order valence-electron chi connectivity index (χ3n) is 10.9. The van der Waals surface area contributed by atoms with Gasteiger partial charge in [-0.25, -0.2) is 16.8 Å². The van der Waals surface area contributed by atoms with Crippen molar-refractivity contribution in [2.75, 3.05) is 32.8 Å². The first kappa shape index (κ1) is 35.4. The van der Waals surface area contributed by atoms with Gasteiger partial charge < -0.3 is 4.74 Å². The van der Waals surface area contributed by atoms with E-state index in [1.165, 1.54) is 14.7 Å². The van der Waals surface area contributed by atoms with Gasteiger partial charge in [0.2, 0.25) is 10.0 Å². The number of hydrogen-bond donors (Lipinski definition) is 0. The van der Waals surface area contributed by atoms with Gasteiger partial charge in [0.1, 0.15) is 22.9 Å². The van der Waals surface area contributed by atoms with Crippen molar-refractivity contribution in [1.29, 1.82) is 0 Å². The molecule has 0 spiro atoms. The summed E-state index contributed by atoms with van der Waals surface area (Å²) in [5, 5.41) is 2.38. The molecule has 16 heteroatoms. The second kappa shape index (κ2) is 12.5. The van der Waals surface area contributed by atoms with E-state index in [4.69, 9.17) is 4.74 Å². The molecule has 52 heavy (non-hydrogen) atoms. The summed E-state index contributed by atoms with van der Waals surface area (Å²) < 4.78 is 123. The lowest BCUT2D eigenvalue weighted by atomic mass is 9.86. The number of ether oxygens (including phenoxy) is 1. The van der Waals surface area contributed by atoms with E-state index < -0.39 is 61.2 Å². The fourth-order valence-corrected chi connectivity index (χ4v) is 12.7. The van der Waals surface area contributed by atoms with Crippen molar-refractivity contribution in [2.24, 2.45) is 0 Å². The van der Waals surface area contributed by atoms with Gasteiger partial charge in [-0.15, -0.1) is 11.3 Å². The molecule has 3 fully saturated rings. The van der Waals surface area contributed by atoms with Crippen molar-refractivity contribution in [3.63, 3.8) is 0 Å². The summed E-state index contributed by atoms with van der Waals surface area (Å²) in [5.41, 5.74) is -0.518. The Kier molecular flexibility index (Phi) is 8.47. The Hall–Kier alpha value is -3.67. The largest absolute Gasteiger partial charge is 0.522 e. The fourth-order valence-electron chi connectivity index (χ4n) is 8.21. The van der Waals surface area contributed by atoms with E-state index in [1.807, 2.05) is 36.4 Å². The molecule has 9 nitrogen and oxygen atoms in total. The predicted molar refractivity (Wildman–Crippen MR) is 187 cm³/mol. The lowest BCUT2D eigenvalue weighted by molar-refractivity contribution is -0.876. The Morgan fingerprint density at radius 3 is 1.88 bits per heavy atom. The average molecular weight is 777 g/mol. The highest BCUT2D eigenvalue weighted by molar-refractivity contribution is 7.91. The zero-order valence-electron chi connectivity index (χ0n) is 27.6. The van der Waals surface area contributed by atoms with Gasteiger partial charge in [-0.3, -0.25) is 0 Å². The lowest BCUT2D eigenvalue weighted by Crippen LogP contribution is -2.70. The minimum absolute atomic E-state index is 0.0365. The van der Waals surface area contributed by atoms with Crippen LogP contribution in [0.5, 0.6) is 0 Å². The third-order valence-corrected chi connectivity index (χ3v) is 16.2. The number of amides is 1. The fraction of sp³-hybridized carbons (Fsp3) is 0.361. The highest BCUT2D eigenvalue weighted by atomic mass is 32.2. The molecule has 0 N–H and O–H groups in total. The van der Waals surface area contributed by atoms with Gasteiger partial charge in [0, 0.05) is 62.6 Å². The number of sulfonamides is 2. The zero-order valence-corrected chi connectivity index (χ0v) is 30.1. The van der Waals surface area contributed by atoms with Crippen molar-refractivity contribution in [2.45, 2.75) is 58.7 Å². The van der Waals surface area contributed by atoms with E-state index in [-0.39, 0.29) is 84.4 Å². The molecule has 1 aliphatic carbocycles. The maximum atomic E-state index is 15.2. The van der Waals surface area contributed by atoms with E-state index in [0.717, 1.165) is 32.2 Å². The summed E-state index contributed by atoms with van der Waals surface area (Å²) in [5.74, 6) is -9.14. The Morgan fingerprint density at radius 2 is 1.25 bits per heavy atom. The predicted octanol–water partition coefficient (Wildman–Crippen LogP) is 7.12. The molecule has 0 radical (unpaired) electrons. The Bertz CT molecular complexity index is 2350. The number of cyclic esters (lactones) is 1. The van der Waals surface area contributed by atoms with Gasteiger partial charge in [0.25, 0.3) is 10.0 Å². The zero-order chi connectivity index (χ0) is 36.7. The number of piperidine rings is 2. The molecule has 1 atom stereocenters. The molecule has 274 valence electrons. The molecule has 3 aliphatic heterocycles. The molecule has 1 amide bonds. The van der Waals surface area contributed by atoms with Gasteiger partial charge in [0.05, 0.1) is 16.5 Å². The van der Waals surface area contributed by atoms with E-state index >= 15 is 8.78 Å². The second-order valence-corrected chi connectivity index (χ2v) is 18.8. The average Bonchev–Trinajstić information content (AvgIpc) is 3.58. The minimum Gasteiger partial charge on any atom is -0.415 e. The first-order valence-electron chi connectivity index (χ1n) is 16.9. The highest BCUT2D eigenvalue weighted by Crippen LogP contribution is 2.51. The number of rotatable bonds is 6. The molecule has 4 heterocycles. The molecule has 8 rings (SSSR count).